The summed E-state index contributed by atoms with van der Waals surface area (Å²) in [6.45, 7) is 1.58. The van der Waals surface area contributed by atoms with Crippen LogP contribution in [0.5, 0.6) is 0 Å². The zero-order valence-electron chi connectivity index (χ0n) is 18.5. The number of aromatic nitrogens is 4. The molecule has 2 aromatic carbocycles. The third-order valence-corrected chi connectivity index (χ3v) is 5.36. The second-order valence-corrected chi connectivity index (χ2v) is 8.25. The number of benzene rings is 2. The number of aryl methyl sites for hydroxylation is 2. The van der Waals surface area contributed by atoms with Gasteiger partial charge in [0.15, 0.2) is 5.69 Å². The van der Waals surface area contributed by atoms with Gasteiger partial charge in [-0.15, -0.1) is 0 Å². The summed E-state index contributed by atoms with van der Waals surface area (Å²) in [7, 11) is 1.69. The molecule has 0 aliphatic carbocycles. The fraction of sp³-hybridized carbons (Fsp3) is 0.136. The van der Waals surface area contributed by atoms with Crippen LogP contribution in [0.2, 0.25) is 10.0 Å². The molecule has 0 unspecified atom stereocenters. The van der Waals surface area contributed by atoms with Crippen molar-refractivity contribution in [3.63, 3.8) is 0 Å². The van der Waals surface area contributed by atoms with Gasteiger partial charge >= 0.3 is 0 Å². The number of aliphatic imine (C=N–C) groups is 1. The van der Waals surface area contributed by atoms with E-state index in [0.717, 1.165) is 0 Å². The number of carbonyl (C=O) groups is 1. The van der Waals surface area contributed by atoms with Crippen molar-refractivity contribution in [1.29, 1.82) is 0 Å². The number of hydrogen-bond donors (Lipinski definition) is 3. The summed E-state index contributed by atoms with van der Waals surface area (Å²) in [6, 6.07) is 9.32. The lowest BCUT2D eigenvalue weighted by molar-refractivity contribution is 0.0937. The minimum atomic E-state index is -0.525. The minimum Gasteiger partial charge on any atom is -0.369 e. The fourth-order valence-electron chi connectivity index (χ4n) is 3.20. The molecular formula is C22H19Cl2FN8O2. The molecule has 1 amide bonds. The predicted molar refractivity (Wildman–Crippen MR) is 129 cm³/mol. The van der Waals surface area contributed by atoms with Crippen molar-refractivity contribution in [2.45, 2.75) is 13.5 Å². The van der Waals surface area contributed by atoms with E-state index in [1.165, 1.54) is 10.7 Å². The van der Waals surface area contributed by atoms with Gasteiger partial charge in [-0.05, 0) is 35.4 Å². The molecule has 0 bridgehead atoms. The monoisotopic (exact) mass is 516 g/mol. The highest BCUT2D eigenvalue weighted by Gasteiger charge is 2.19. The van der Waals surface area contributed by atoms with Crippen LogP contribution in [0.25, 0.3) is 22.5 Å². The lowest BCUT2D eigenvalue weighted by Gasteiger charge is -2.11. The first kappa shape index (κ1) is 24.2. The van der Waals surface area contributed by atoms with Crippen molar-refractivity contribution in [1.82, 2.24) is 30.8 Å². The van der Waals surface area contributed by atoms with Gasteiger partial charge in [0.05, 0.1) is 11.6 Å². The number of nitrogens with zero attached hydrogens (tertiary/aromatic N) is 5. The van der Waals surface area contributed by atoms with E-state index in [1.54, 1.807) is 50.5 Å². The maximum atomic E-state index is 14.9. The first-order chi connectivity index (χ1) is 16.7. The van der Waals surface area contributed by atoms with Gasteiger partial charge in [0.2, 0.25) is 17.7 Å². The Hall–Kier alpha value is -3.96. The molecule has 180 valence electrons. The summed E-state index contributed by atoms with van der Waals surface area (Å²) in [5.74, 6) is -0.497. The van der Waals surface area contributed by atoms with Crippen LogP contribution in [-0.4, -0.2) is 31.8 Å². The number of nitrogens with one attached hydrogen (secondary N) is 2. The van der Waals surface area contributed by atoms with E-state index < -0.39 is 11.7 Å². The Morgan fingerprint density at radius 1 is 1.23 bits per heavy atom. The SMILES string of the molecule is Cc1nc(-c2c(Cl)cc(Cl)cc2-c2ccc(CN=C(N)NNC(=O)c3ccn(C)n3)c(F)c2)no1. The molecule has 0 saturated carbocycles. The molecule has 0 aliphatic rings. The Morgan fingerprint density at radius 2 is 2.03 bits per heavy atom. The van der Waals surface area contributed by atoms with Crippen molar-refractivity contribution in [3.05, 3.63) is 75.6 Å². The van der Waals surface area contributed by atoms with E-state index in [1.807, 2.05) is 0 Å². The molecule has 0 aliphatic heterocycles. The van der Waals surface area contributed by atoms with E-state index in [0.29, 0.717) is 32.6 Å². The van der Waals surface area contributed by atoms with Crippen molar-refractivity contribution >= 4 is 35.1 Å². The number of amides is 1. The van der Waals surface area contributed by atoms with Gasteiger partial charge in [-0.3, -0.25) is 20.3 Å². The van der Waals surface area contributed by atoms with Gasteiger partial charge in [-0.1, -0.05) is 40.5 Å². The smallest absolute Gasteiger partial charge is 0.290 e. The van der Waals surface area contributed by atoms with E-state index in [2.05, 4.69) is 31.1 Å². The third-order valence-electron chi connectivity index (χ3n) is 4.84. The van der Waals surface area contributed by atoms with Gasteiger partial charge in [0, 0.05) is 36.3 Å². The van der Waals surface area contributed by atoms with Gasteiger partial charge in [0.25, 0.3) is 5.91 Å². The highest BCUT2D eigenvalue weighted by atomic mass is 35.5. The van der Waals surface area contributed by atoms with Gasteiger partial charge in [-0.2, -0.15) is 10.1 Å². The summed E-state index contributed by atoms with van der Waals surface area (Å²) < 4.78 is 21.5. The lowest BCUT2D eigenvalue weighted by atomic mass is 9.97. The Labute approximate surface area is 208 Å². The number of guanidine groups is 1. The first-order valence-electron chi connectivity index (χ1n) is 10.2. The van der Waals surface area contributed by atoms with Crippen molar-refractivity contribution < 1.29 is 13.7 Å². The van der Waals surface area contributed by atoms with E-state index >= 15 is 0 Å². The standard InChI is InChI=1S/C22H19Cl2FN8O2/c1-11-28-20(32-35-11)19-15(8-14(23)9-16(19)24)12-3-4-13(17(25)7-12)10-27-22(26)30-29-21(34)18-5-6-33(2)31-18/h3-9H,10H2,1-2H3,(H,29,34)(H3,26,27,30). The number of rotatable bonds is 5. The molecule has 2 aromatic heterocycles. The van der Waals surface area contributed by atoms with Crippen molar-refractivity contribution in [3.8, 4) is 22.5 Å². The van der Waals surface area contributed by atoms with Crippen LogP contribution in [0.4, 0.5) is 4.39 Å². The normalized spacial score (nSPS) is 11.5. The molecular weight excluding hydrogens is 498 g/mol. The van der Waals surface area contributed by atoms with Crippen LogP contribution < -0.4 is 16.6 Å². The van der Waals surface area contributed by atoms with E-state index in [4.69, 9.17) is 33.5 Å². The maximum absolute atomic E-state index is 14.9. The van der Waals surface area contributed by atoms with Crippen LogP contribution in [-0.2, 0) is 13.6 Å². The molecule has 0 spiro atoms. The zero-order chi connectivity index (χ0) is 25.1. The van der Waals surface area contributed by atoms with Crippen molar-refractivity contribution in [2.24, 2.45) is 17.8 Å². The number of hydrazine groups is 1. The summed E-state index contributed by atoms with van der Waals surface area (Å²) in [6.07, 6.45) is 1.63. The van der Waals surface area contributed by atoms with E-state index in [9.17, 15) is 9.18 Å². The number of halogens is 3. The topological polar surface area (TPSA) is 136 Å². The average Bonchev–Trinajstić information content (AvgIpc) is 3.44. The van der Waals surface area contributed by atoms with E-state index in [-0.39, 0.29) is 29.6 Å². The number of nitrogens with two attached hydrogens (primary N) is 1. The second-order valence-electron chi connectivity index (χ2n) is 7.41. The fourth-order valence-corrected chi connectivity index (χ4v) is 3.78. The van der Waals surface area contributed by atoms with Crippen molar-refractivity contribution in [2.75, 3.05) is 0 Å². The zero-order valence-corrected chi connectivity index (χ0v) is 20.0. The Morgan fingerprint density at radius 3 is 2.69 bits per heavy atom. The molecule has 4 aromatic rings. The van der Waals surface area contributed by atoms with Crippen LogP contribution in [0.1, 0.15) is 21.9 Å². The first-order valence-corrected chi connectivity index (χ1v) is 10.9. The molecule has 4 N–H and O–H groups in total. The number of carbonyl (C=O) groups excluding carboxylic acids is 1. The third kappa shape index (κ3) is 5.58. The lowest BCUT2D eigenvalue weighted by Crippen LogP contribution is -2.45. The molecule has 0 atom stereocenters. The molecule has 2 heterocycles. The largest absolute Gasteiger partial charge is 0.369 e. The van der Waals surface area contributed by atoms with Gasteiger partial charge in [-0.25, -0.2) is 9.38 Å². The van der Waals surface area contributed by atoms with Gasteiger partial charge < -0.3 is 10.3 Å². The molecule has 35 heavy (non-hydrogen) atoms. The number of hydrogen-bond acceptors (Lipinski definition) is 6. The molecule has 10 nitrogen and oxygen atoms in total. The highest BCUT2D eigenvalue weighted by Crippen LogP contribution is 2.39. The summed E-state index contributed by atoms with van der Waals surface area (Å²) >= 11 is 12.6. The summed E-state index contributed by atoms with van der Waals surface area (Å²) in [4.78, 5) is 20.3. The van der Waals surface area contributed by atoms with Crippen LogP contribution in [0.15, 0.2) is 52.1 Å². The highest BCUT2D eigenvalue weighted by molar-refractivity contribution is 6.37. The molecule has 13 heteroatoms. The molecule has 0 radical (unpaired) electrons. The molecule has 0 saturated heterocycles. The maximum Gasteiger partial charge on any atom is 0.290 e. The Balaban J connectivity index is 1.51. The predicted octanol–water partition coefficient (Wildman–Crippen LogP) is 3.64. The second kappa shape index (κ2) is 10.1. The molecule has 4 rings (SSSR count). The molecule has 0 fully saturated rings. The minimum absolute atomic E-state index is 0.0718. The quantitative estimate of drug-likeness (QED) is 0.209. The van der Waals surface area contributed by atoms with Gasteiger partial charge in [0.1, 0.15) is 5.82 Å². The summed E-state index contributed by atoms with van der Waals surface area (Å²) in [5, 5.41) is 8.56. The van der Waals surface area contributed by atoms with Crippen LogP contribution in [0.3, 0.4) is 0 Å². The Bertz CT molecular complexity index is 1430. The average molecular weight is 517 g/mol. The van der Waals surface area contributed by atoms with Crippen LogP contribution >= 0.6 is 23.2 Å². The van der Waals surface area contributed by atoms with Crippen LogP contribution in [0, 0.1) is 12.7 Å². The Kier molecular flexibility index (Phi) is 6.99. The summed E-state index contributed by atoms with van der Waals surface area (Å²) in [5.41, 5.74) is 12.6.